The van der Waals surface area contributed by atoms with E-state index in [2.05, 4.69) is 6.07 Å². The van der Waals surface area contributed by atoms with Crippen LogP contribution in [0.4, 0.5) is 0 Å². The molecule has 1 rings (SSSR count). The summed E-state index contributed by atoms with van der Waals surface area (Å²) in [6.07, 6.45) is 3.25. The normalized spacial score (nSPS) is 9.15. The van der Waals surface area contributed by atoms with E-state index in [4.69, 9.17) is 5.26 Å². The van der Waals surface area contributed by atoms with Crippen LogP contribution in [0.5, 0.6) is 0 Å². The van der Waals surface area contributed by atoms with Crippen molar-refractivity contribution in [3.05, 3.63) is 35.4 Å². The number of aryl methyl sites for hydroxylation is 1. The Hall–Kier alpha value is -1.62. The molecule has 0 heterocycles. The number of unbranched alkanes of at least 4 members (excludes halogenated alkanes) is 1. The van der Waals surface area contributed by atoms with Gasteiger partial charge in [-0.05, 0) is 30.5 Å². The molecule has 66 valence electrons. The summed E-state index contributed by atoms with van der Waals surface area (Å²) in [6.45, 7) is 0. The Labute approximate surface area is 77.8 Å². The molecule has 0 radical (unpaired) electrons. The van der Waals surface area contributed by atoms with E-state index in [-0.39, 0.29) is 0 Å². The second kappa shape index (κ2) is 5.10. The number of rotatable bonds is 4. The van der Waals surface area contributed by atoms with Crippen LogP contribution in [-0.4, -0.2) is 6.29 Å². The Kier molecular flexibility index (Phi) is 3.72. The van der Waals surface area contributed by atoms with Gasteiger partial charge in [0, 0.05) is 6.42 Å². The molecular weight excluding hydrogens is 162 g/mol. The maximum absolute atomic E-state index is 10.1. The highest BCUT2D eigenvalue weighted by Crippen LogP contribution is 2.07. The van der Waals surface area contributed by atoms with Crippen LogP contribution in [-0.2, 0) is 11.2 Å². The molecule has 0 aliphatic carbocycles. The van der Waals surface area contributed by atoms with Gasteiger partial charge in [-0.25, -0.2) is 0 Å². The third-order valence-corrected chi connectivity index (χ3v) is 1.84. The molecular formula is C11H11NO. The smallest absolute Gasteiger partial charge is 0.120 e. The van der Waals surface area contributed by atoms with Gasteiger partial charge in [0.2, 0.25) is 0 Å². The van der Waals surface area contributed by atoms with Crippen LogP contribution < -0.4 is 0 Å². The SMILES string of the molecule is N#Cc1cccc(CCCC=O)c1. The summed E-state index contributed by atoms with van der Waals surface area (Å²) in [6, 6.07) is 9.58. The van der Waals surface area contributed by atoms with Crippen LogP contribution >= 0.6 is 0 Å². The largest absolute Gasteiger partial charge is 0.303 e. The third-order valence-electron chi connectivity index (χ3n) is 1.84. The number of carbonyl (C=O) groups is 1. The zero-order valence-corrected chi connectivity index (χ0v) is 7.36. The van der Waals surface area contributed by atoms with Crippen molar-refractivity contribution in [3.8, 4) is 6.07 Å². The van der Waals surface area contributed by atoms with Crippen molar-refractivity contribution in [1.82, 2.24) is 0 Å². The number of hydrogen-bond donors (Lipinski definition) is 0. The van der Waals surface area contributed by atoms with Crippen molar-refractivity contribution in [2.24, 2.45) is 0 Å². The summed E-state index contributed by atoms with van der Waals surface area (Å²) in [4.78, 5) is 10.1. The summed E-state index contributed by atoms with van der Waals surface area (Å²) in [7, 11) is 0. The third kappa shape index (κ3) is 3.08. The molecule has 1 aromatic rings. The lowest BCUT2D eigenvalue weighted by molar-refractivity contribution is -0.107. The van der Waals surface area contributed by atoms with Crippen molar-refractivity contribution in [1.29, 1.82) is 5.26 Å². The van der Waals surface area contributed by atoms with E-state index < -0.39 is 0 Å². The van der Waals surface area contributed by atoms with E-state index in [9.17, 15) is 4.79 Å². The average molecular weight is 173 g/mol. The fourth-order valence-corrected chi connectivity index (χ4v) is 1.19. The standard InChI is InChI=1S/C11H11NO/c12-9-11-6-3-5-10(8-11)4-1-2-7-13/h3,5-8H,1-2,4H2. The minimum atomic E-state index is 0.594. The number of carbonyl (C=O) groups excluding carboxylic acids is 1. The fraction of sp³-hybridized carbons (Fsp3) is 0.273. The number of benzene rings is 1. The van der Waals surface area contributed by atoms with Gasteiger partial charge >= 0.3 is 0 Å². The van der Waals surface area contributed by atoms with Crippen molar-refractivity contribution >= 4 is 6.29 Å². The van der Waals surface area contributed by atoms with E-state index in [0.29, 0.717) is 12.0 Å². The Balaban J connectivity index is 2.57. The van der Waals surface area contributed by atoms with Crippen LogP contribution in [0, 0.1) is 11.3 Å². The summed E-state index contributed by atoms with van der Waals surface area (Å²) >= 11 is 0. The lowest BCUT2D eigenvalue weighted by Crippen LogP contribution is -1.87. The zero-order valence-electron chi connectivity index (χ0n) is 7.36. The summed E-state index contributed by atoms with van der Waals surface area (Å²) < 4.78 is 0. The summed E-state index contributed by atoms with van der Waals surface area (Å²) in [5.41, 5.74) is 1.81. The summed E-state index contributed by atoms with van der Waals surface area (Å²) in [5, 5.41) is 8.63. The Morgan fingerprint density at radius 2 is 2.31 bits per heavy atom. The molecule has 0 aromatic heterocycles. The number of hydrogen-bond acceptors (Lipinski definition) is 2. The molecule has 0 unspecified atom stereocenters. The predicted molar refractivity (Wildman–Crippen MR) is 50.2 cm³/mol. The second-order valence-corrected chi connectivity index (χ2v) is 2.87. The first-order chi connectivity index (χ1) is 6.36. The Morgan fingerprint density at radius 3 is 3.00 bits per heavy atom. The topological polar surface area (TPSA) is 40.9 Å². The molecule has 0 N–H and O–H groups in total. The van der Waals surface area contributed by atoms with Crippen LogP contribution in [0.1, 0.15) is 24.0 Å². The van der Waals surface area contributed by atoms with E-state index in [1.807, 2.05) is 18.2 Å². The average Bonchev–Trinajstić information content (AvgIpc) is 2.19. The first kappa shape index (κ1) is 9.47. The highest BCUT2D eigenvalue weighted by atomic mass is 16.1. The van der Waals surface area contributed by atoms with Crippen LogP contribution in [0.3, 0.4) is 0 Å². The van der Waals surface area contributed by atoms with Gasteiger partial charge in [0.15, 0.2) is 0 Å². The predicted octanol–water partition coefficient (Wildman–Crippen LogP) is 2.08. The van der Waals surface area contributed by atoms with Crippen LogP contribution in [0.15, 0.2) is 24.3 Å². The van der Waals surface area contributed by atoms with Gasteiger partial charge < -0.3 is 4.79 Å². The lowest BCUT2D eigenvalue weighted by Gasteiger charge is -1.98. The highest BCUT2D eigenvalue weighted by molar-refractivity contribution is 5.49. The molecule has 2 heteroatoms. The molecule has 1 aromatic carbocycles. The van der Waals surface area contributed by atoms with Gasteiger partial charge in [0.1, 0.15) is 6.29 Å². The van der Waals surface area contributed by atoms with E-state index in [0.717, 1.165) is 24.7 Å². The van der Waals surface area contributed by atoms with Gasteiger partial charge in [-0.2, -0.15) is 5.26 Å². The van der Waals surface area contributed by atoms with Crippen LogP contribution in [0.2, 0.25) is 0 Å². The number of nitrogens with zero attached hydrogens (tertiary/aromatic N) is 1. The molecule has 0 amide bonds. The molecule has 2 nitrogen and oxygen atoms in total. The van der Waals surface area contributed by atoms with Gasteiger partial charge in [0.05, 0.1) is 11.6 Å². The first-order valence-electron chi connectivity index (χ1n) is 4.29. The van der Waals surface area contributed by atoms with Gasteiger partial charge in [0.25, 0.3) is 0 Å². The van der Waals surface area contributed by atoms with Crippen molar-refractivity contribution in [2.45, 2.75) is 19.3 Å². The van der Waals surface area contributed by atoms with E-state index >= 15 is 0 Å². The van der Waals surface area contributed by atoms with Gasteiger partial charge in [-0.1, -0.05) is 12.1 Å². The van der Waals surface area contributed by atoms with Gasteiger partial charge in [-0.15, -0.1) is 0 Å². The van der Waals surface area contributed by atoms with Gasteiger partial charge in [-0.3, -0.25) is 0 Å². The molecule has 0 bridgehead atoms. The molecule has 0 saturated heterocycles. The number of nitriles is 1. The Bertz CT molecular complexity index is 325. The van der Waals surface area contributed by atoms with Crippen LogP contribution in [0.25, 0.3) is 0 Å². The monoisotopic (exact) mass is 173 g/mol. The minimum absolute atomic E-state index is 0.594. The molecule has 0 fully saturated rings. The maximum Gasteiger partial charge on any atom is 0.120 e. The molecule has 0 spiro atoms. The van der Waals surface area contributed by atoms with Crippen molar-refractivity contribution in [2.75, 3.05) is 0 Å². The van der Waals surface area contributed by atoms with Crippen molar-refractivity contribution < 1.29 is 4.79 Å². The molecule has 0 saturated carbocycles. The lowest BCUT2D eigenvalue weighted by atomic mass is 10.1. The number of aldehydes is 1. The van der Waals surface area contributed by atoms with E-state index in [1.54, 1.807) is 6.07 Å². The molecule has 0 aliphatic heterocycles. The zero-order chi connectivity index (χ0) is 9.52. The quantitative estimate of drug-likeness (QED) is 0.516. The maximum atomic E-state index is 10.1. The van der Waals surface area contributed by atoms with Crippen molar-refractivity contribution in [3.63, 3.8) is 0 Å². The highest BCUT2D eigenvalue weighted by Gasteiger charge is 1.94. The second-order valence-electron chi connectivity index (χ2n) is 2.87. The molecule has 0 atom stereocenters. The first-order valence-corrected chi connectivity index (χ1v) is 4.29. The minimum Gasteiger partial charge on any atom is -0.303 e. The molecule has 13 heavy (non-hydrogen) atoms. The van der Waals surface area contributed by atoms with E-state index in [1.165, 1.54) is 0 Å². The molecule has 0 aliphatic rings. The fourth-order valence-electron chi connectivity index (χ4n) is 1.19. The summed E-state index contributed by atoms with van der Waals surface area (Å²) in [5.74, 6) is 0. The Morgan fingerprint density at radius 1 is 1.46 bits per heavy atom.